The predicted octanol–water partition coefficient (Wildman–Crippen LogP) is 13.0. The maximum Gasteiger partial charge on any atom is 0.136 e. The molecule has 0 radical (unpaired) electrons. The Kier molecular flexibility index (Phi) is 5.09. The van der Waals surface area contributed by atoms with Gasteiger partial charge in [0.25, 0.3) is 0 Å². The van der Waals surface area contributed by atoms with Crippen molar-refractivity contribution in [2.45, 2.75) is 19.3 Å². The molecule has 48 heavy (non-hydrogen) atoms. The molecular weight excluding hydrogens is 603 g/mol. The molecule has 3 aromatic heterocycles. The van der Waals surface area contributed by atoms with Crippen molar-refractivity contribution in [3.05, 3.63) is 151 Å². The van der Waals surface area contributed by atoms with Crippen molar-refractivity contribution in [1.82, 2.24) is 4.57 Å². The zero-order chi connectivity index (χ0) is 31.7. The van der Waals surface area contributed by atoms with Crippen LogP contribution in [0, 0.1) is 0 Å². The molecule has 226 valence electrons. The normalized spacial score (nSPS) is 13.8. The van der Waals surface area contributed by atoms with Crippen LogP contribution < -0.4 is 0 Å². The lowest BCUT2D eigenvalue weighted by Crippen LogP contribution is -2.14. The van der Waals surface area contributed by atoms with Crippen molar-refractivity contribution in [3.8, 4) is 27.9 Å². The zero-order valence-electron chi connectivity index (χ0n) is 26.5. The first-order valence-electron chi connectivity index (χ1n) is 16.6. The third-order valence-electron chi connectivity index (χ3n) is 10.8. The molecule has 0 amide bonds. The Morgan fingerprint density at radius 3 is 2.04 bits per heavy atom. The number of aromatic nitrogens is 1. The Morgan fingerprint density at radius 1 is 0.479 bits per heavy atom. The molecule has 0 fully saturated rings. The van der Waals surface area contributed by atoms with E-state index in [0.717, 1.165) is 16.6 Å². The summed E-state index contributed by atoms with van der Waals surface area (Å²) in [5.41, 5.74) is 13.5. The average Bonchev–Trinajstić information content (AvgIpc) is 3.85. The second-order valence-corrected chi connectivity index (χ2v) is 14.7. The van der Waals surface area contributed by atoms with Gasteiger partial charge in [-0.05, 0) is 75.8 Å². The van der Waals surface area contributed by atoms with Crippen LogP contribution in [0.4, 0.5) is 0 Å². The van der Waals surface area contributed by atoms with E-state index in [1.165, 1.54) is 86.4 Å². The van der Waals surface area contributed by atoms with Crippen molar-refractivity contribution >= 4 is 75.3 Å². The Bertz CT molecular complexity index is 2990. The van der Waals surface area contributed by atoms with Crippen LogP contribution in [0.5, 0.6) is 0 Å². The van der Waals surface area contributed by atoms with Gasteiger partial charge < -0.3 is 8.98 Å². The van der Waals surface area contributed by atoms with Gasteiger partial charge >= 0.3 is 0 Å². The van der Waals surface area contributed by atoms with Crippen molar-refractivity contribution in [3.63, 3.8) is 0 Å². The largest absolute Gasteiger partial charge is 0.456 e. The highest BCUT2D eigenvalue weighted by molar-refractivity contribution is 7.26. The van der Waals surface area contributed by atoms with Crippen molar-refractivity contribution < 1.29 is 4.42 Å². The number of furan rings is 1. The second kappa shape index (κ2) is 9.25. The summed E-state index contributed by atoms with van der Waals surface area (Å²) in [6.45, 7) is 4.73. The van der Waals surface area contributed by atoms with Gasteiger partial charge in [-0.2, -0.15) is 0 Å². The van der Waals surface area contributed by atoms with Crippen molar-refractivity contribution in [2.24, 2.45) is 0 Å². The van der Waals surface area contributed by atoms with Crippen molar-refractivity contribution in [2.75, 3.05) is 0 Å². The Morgan fingerprint density at radius 2 is 1.15 bits per heavy atom. The minimum Gasteiger partial charge on any atom is -0.456 e. The molecule has 0 spiro atoms. The van der Waals surface area contributed by atoms with Gasteiger partial charge in [-0.3, -0.25) is 0 Å². The summed E-state index contributed by atoms with van der Waals surface area (Å²) in [5.74, 6) is 0. The molecule has 1 aliphatic rings. The smallest absolute Gasteiger partial charge is 0.136 e. The van der Waals surface area contributed by atoms with Gasteiger partial charge in [0, 0.05) is 47.1 Å². The molecule has 0 atom stereocenters. The van der Waals surface area contributed by atoms with E-state index >= 15 is 0 Å². The molecule has 0 unspecified atom stereocenters. The SMILES string of the molecule is CC1(C)c2ccccc2-c2c1ccc1c2c2ccccc2n1-c1cccc2sc3cccc(-c4cccc5oc6ccccc6c45)c3c12. The first-order chi connectivity index (χ1) is 23.6. The summed E-state index contributed by atoms with van der Waals surface area (Å²) in [6, 6.07) is 51.2. The topological polar surface area (TPSA) is 18.1 Å². The minimum atomic E-state index is -0.0555. The quantitative estimate of drug-likeness (QED) is 0.186. The highest BCUT2D eigenvalue weighted by atomic mass is 32.1. The first-order valence-corrected chi connectivity index (χ1v) is 17.4. The predicted molar refractivity (Wildman–Crippen MR) is 204 cm³/mol. The number of nitrogens with zero attached hydrogens (tertiary/aromatic N) is 1. The number of thiophene rings is 1. The highest BCUT2D eigenvalue weighted by Crippen LogP contribution is 2.54. The van der Waals surface area contributed by atoms with Crippen LogP contribution in [-0.2, 0) is 5.41 Å². The van der Waals surface area contributed by atoms with Crippen LogP contribution in [0.1, 0.15) is 25.0 Å². The van der Waals surface area contributed by atoms with Crippen molar-refractivity contribution in [1.29, 1.82) is 0 Å². The number of benzene rings is 7. The van der Waals surface area contributed by atoms with Crippen LogP contribution in [0.3, 0.4) is 0 Å². The van der Waals surface area contributed by atoms with E-state index in [0.29, 0.717) is 0 Å². The van der Waals surface area contributed by atoms with E-state index in [1.807, 2.05) is 17.4 Å². The molecule has 0 saturated carbocycles. The molecule has 3 heterocycles. The van der Waals surface area contributed by atoms with Crippen LogP contribution in [0.15, 0.2) is 144 Å². The second-order valence-electron chi connectivity index (χ2n) is 13.6. The summed E-state index contributed by atoms with van der Waals surface area (Å²) < 4.78 is 11.5. The van der Waals surface area contributed by atoms with E-state index in [9.17, 15) is 0 Å². The Balaban J connectivity index is 1.28. The van der Waals surface area contributed by atoms with Gasteiger partial charge in [0.15, 0.2) is 0 Å². The lowest BCUT2D eigenvalue weighted by molar-refractivity contribution is 0.661. The molecule has 0 N–H and O–H groups in total. The van der Waals surface area contributed by atoms with Crippen LogP contribution in [0.2, 0.25) is 0 Å². The molecule has 0 bridgehead atoms. The molecule has 2 nitrogen and oxygen atoms in total. The van der Waals surface area contributed by atoms with Crippen LogP contribution in [0.25, 0.3) is 91.9 Å². The van der Waals surface area contributed by atoms with E-state index in [-0.39, 0.29) is 5.41 Å². The number of hydrogen-bond donors (Lipinski definition) is 0. The summed E-state index contributed by atoms with van der Waals surface area (Å²) in [4.78, 5) is 0. The molecule has 3 heteroatoms. The third kappa shape index (κ3) is 3.27. The summed E-state index contributed by atoms with van der Waals surface area (Å²) in [5, 5.41) is 7.55. The Labute approximate surface area is 281 Å². The van der Waals surface area contributed by atoms with E-state index in [2.05, 4.69) is 152 Å². The summed E-state index contributed by atoms with van der Waals surface area (Å²) in [7, 11) is 0. The number of para-hydroxylation sites is 2. The maximum atomic E-state index is 6.35. The fourth-order valence-corrected chi connectivity index (χ4v) is 9.92. The first kappa shape index (κ1) is 26.4. The molecule has 11 rings (SSSR count). The lowest BCUT2D eigenvalue weighted by Gasteiger charge is -2.21. The standard InChI is InChI=1S/C45H29NOS/c1-45(2)31-17-6-3-12-28(31)41-32(45)24-25-35-42(41)29-13-4-7-18-33(29)46(35)34-19-11-23-39-44(34)43-27(16-10-22-38(43)48-39)26-15-9-21-37-40(26)30-14-5-8-20-36(30)47-37/h3-25H,1-2H3. The van der Waals surface area contributed by atoms with Crippen LogP contribution in [-0.4, -0.2) is 4.57 Å². The molecular formula is C45H29NOS. The average molecular weight is 632 g/mol. The maximum absolute atomic E-state index is 6.35. The summed E-state index contributed by atoms with van der Waals surface area (Å²) in [6.07, 6.45) is 0. The molecule has 0 saturated heterocycles. The Hall–Kier alpha value is -5.64. The van der Waals surface area contributed by atoms with E-state index in [1.54, 1.807) is 0 Å². The van der Waals surface area contributed by atoms with E-state index < -0.39 is 0 Å². The minimum absolute atomic E-state index is 0.0555. The number of hydrogen-bond acceptors (Lipinski definition) is 2. The molecule has 0 aliphatic heterocycles. The van der Waals surface area contributed by atoms with E-state index in [4.69, 9.17) is 4.42 Å². The molecule has 10 aromatic rings. The number of rotatable bonds is 2. The van der Waals surface area contributed by atoms with Crippen LogP contribution >= 0.6 is 11.3 Å². The van der Waals surface area contributed by atoms with Gasteiger partial charge in [-0.25, -0.2) is 0 Å². The van der Waals surface area contributed by atoms with Gasteiger partial charge in [0.05, 0.1) is 16.7 Å². The number of fused-ring (bicyclic) bond motifs is 13. The summed E-state index contributed by atoms with van der Waals surface area (Å²) >= 11 is 1.88. The monoisotopic (exact) mass is 631 g/mol. The van der Waals surface area contributed by atoms with Gasteiger partial charge in [0.2, 0.25) is 0 Å². The zero-order valence-corrected chi connectivity index (χ0v) is 27.4. The fraction of sp³-hybridized carbons (Fsp3) is 0.0667. The van der Waals surface area contributed by atoms with Gasteiger partial charge in [0.1, 0.15) is 11.2 Å². The highest BCUT2D eigenvalue weighted by Gasteiger charge is 2.37. The lowest BCUT2D eigenvalue weighted by atomic mass is 9.82. The third-order valence-corrected chi connectivity index (χ3v) is 11.9. The fourth-order valence-electron chi connectivity index (χ4n) is 8.77. The molecule has 1 aliphatic carbocycles. The molecule has 7 aromatic carbocycles. The van der Waals surface area contributed by atoms with Gasteiger partial charge in [-0.15, -0.1) is 11.3 Å². The van der Waals surface area contributed by atoms with Gasteiger partial charge in [-0.1, -0.05) is 111 Å².